The second-order valence-corrected chi connectivity index (χ2v) is 6.45. The first-order valence-electron chi connectivity index (χ1n) is 7.11. The lowest BCUT2D eigenvalue weighted by molar-refractivity contribution is 0.0240. The predicted molar refractivity (Wildman–Crippen MR) is 75.1 cm³/mol. The molecule has 1 aromatic rings. The summed E-state index contributed by atoms with van der Waals surface area (Å²) in [4.78, 5) is 18.4. The third kappa shape index (κ3) is 2.50. The van der Waals surface area contributed by atoms with Crippen LogP contribution in [0.25, 0.3) is 0 Å². The largest absolute Gasteiger partial charge is 0.444 e. The van der Waals surface area contributed by atoms with Gasteiger partial charge in [-0.1, -0.05) is 0 Å². The van der Waals surface area contributed by atoms with Crippen LogP contribution >= 0.6 is 0 Å². The first kappa shape index (κ1) is 13.4. The van der Waals surface area contributed by atoms with E-state index in [-0.39, 0.29) is 6.09 Å². The van der Waals surface area contributed by atoms with Crippen LogP contribution in [0.3, 0.4) is 0 Å². The van der Waals surface area contributed by atoms with Gasteiger partial charge in [-0.15, -0.1) is 0 Å². The molecule has 1 amide bonds. The number of hydrogen-bond donors (Lipinski definition) is 1. The number of nitrogens with one attached hydrogen (secondary N) is 1. The molecule has 1 aromatic heterocycles. The van der Waals surface area contributed by atoms with Crippen molar-refractivity contribution in [3.63, 3.8) is 0 Å². The Morgan fingerprint density at radius 3 is 2.90 bits per heavy atom. The van der Waals surface area contributed by atoms with Crippen LogP contribution in [-0.2, 0) is 30.8 Å². The molecule has 0 aromatic carbocycles. The quantitative estimate of drug-likeness (QED) is 0.786. The number of pyridine rings is 1. The first-order valence-corrected chi connectivity index (χ1v) is 7.11. The van der Waals surface area contributed by atoms with E-state index in [4.69, 9.17) is 4.74 Å². The highest BCUT2D eigenvalue weighted by atomic mass is 16.6. The second-order valence-electron chi connectivity index (χ2n) is 6.45. The average Bonchev–Trinajstić information content (AvgIpc) is 2.81. The Bertz CT molecular complexity index is 549. The minimum Gasteiger partial charge on any atom is -0.444 e. The summed E-state index contributed by atoms with van der Waals surface area (Å²) in [5.74, 6) is 0. The molecule has 0 bridgehead atoms. The molecule has 108 valence electrons. The minimum absolute atomic E-state index is 0.256. The number of rotatable bonds is 0. The maximum absolute atomic E-state index is 12.2. The normalized spacial score (nSPS) is 17.6. The third-order valence-corrected chi connectivity index (χ3v) is 3.69. The number of hydrogen-bond acceptors (Lipinski definition) is 4. The number of ether oxygens (including phenoxy) is 1. The van der Waals surface area contributed by atoms with Crippen LogP contribution in [0.4, 0.5) is 4.79 Å². The molecule has 20 heavy (non-hydrogen) atoms. The molecule has 0 saturated heterocycles. The van der Waals surface area contributed by atoms with E-state index in [0.29, 0.717) is 13.1 Å². The van der Waals surface area contributed by atoms with Gasteiger partial charge in [0, 0.05) is 12.7 Å². The van der Waals surface area contributed by atoms with Crippen molar-refractivity contribution >= 4 is 6.09 Å². The van der Waals surface area contributed by atoms with Crippen LogP contribution in [0.2, 0.25) is 0 Å². The van der Waals surface area contributed by atoms with Gasteiger partial charge >= 0.3 is 6.09 Å². The predicted octanol–water partition coefficient (Wildman–Crippen LogP) is 1.98. The monoisotopic (exact) mass is 275 g/mol. The lowest BCUT2D eigenvalue weighted by Gasteiger charge is -2.24. The molecule has 0 unspecified atom stereocenters. The molecule has 3 heterocycles. The van der Waals surface area contributed by atoms with Gasteiger partial charge in [-0.05, 0) is 50.4 Å². The van der Waals surface area contributed by atoms with Gasteiger partial charge in [0.05, 0.1) is 18.8 Å². The second kappa shape index (κ2) is 4.74. The summed E-state index contributed by atoms with van der Waals surface area (Å²) in [6.45, 7) is 8.71. The van der Waals surface area contributed by atoms with Crippen LogP contribution in [0.1, 0.15) is 43.2 Å². The van der Waals surface area contributed by atoms with Crippen molar-refractivity contribution in [2.24, 2.45) is 0 Å². The Morgan fingerprint density at radius 2 is 2.15 bits per heavy atom. The molecule has 2 aliphatic heterocycles. The van der Waals surface area contributed by atoms with Gasteiger partial charge in [-0.2, -0.15) is 0 Å². The molecular weight excluding hydrogens is 254 g/mol. The Morgan fingerprint density at radius 1 is 1.35 bits per heavy atom. The van der Waals surface area contributed by atoms with Crippen LogP contribution in [-0.4, -0.2) is 28.1 Å². The van der Waals surface area contributed by atoms with E-state index in [2.05, 4.69) is 10.3 Å². The van der Waals surface area contributed by atoms with E-state index < -0.39 is 5.60 Å². The van der Waals surface area contributed by atoms with E-state index in [0.717, 1.165) is 25.2 Å². The van der Waals surface area contributed by atoms with Crippen molar-refractivity contribution in [3.8, 4) is 0 Å². The number of fused-ring (bicyclic) bond motifs is 3. The molecule has 0 atom stereocenters. The van der Waals surface area contributed by atoms with Crippen molar-refractivity contribution in [2.45, 2.75) is 52.4 Å². The number of aromatic nitrogens is 1. The van der Waals surface area contributed by atoms with Gasteiger partial charge in [0.1, 0.15) is 5.60 Å². The van der Waals surface area contributed by atoms with Crippen LogP contribution in [0, 0.1) is 0 Å². The van der Waals surface area contributed by atoms with E-state index >= 15 is 0 Å². The molecular formula is C15H21N3O2. The van der Waals surface area contributed by atoms with Crippen LogP contribution in [0.5, 0.6) is 0 Å². The molecule has 2 aliphatic rings. The molecule has 5 nitrogen and oxygen atoms in total. The van der Waals surface area contributed by atoms with Crippen molar-refractivity contribution in [1.29, 1.82) is 0 Å². The summed E-state index contributed by atoms with van der Waals surface area (Å²) < 4.78 is 5.44. The summed E-state index contributed by atoms with van der Waals surface area (Å²) in [6, 6.07) is 0. The molecule has 0 aliphatic carbocycles. The zero-order valence-corrected chi connectivity index (χ0v) is 12.3. The number of amides is 1. The Balaban J connectivity index is 1.80. The molecule has 0 radical (unpaired) electrons. The fraction of sp³-hybridized carbons (Fsp3) is 0.600. The van der Waals surface area contributed by atoms with Crippen molar-refractivity contribution in [3.05, 3.63) is 28.6 Å². The maximum atomic E-state index is 12.2. The van der Waals surface area contributed by atoms with E-state index in [1.54, 1.807) is 4.90 Å². The molecule has 1 N–H and O–H groups in total. The van der Waals surface area contributed by atoms with Gasteiger partial charge in [0.25, 0.3) is 0 Å². The zero-order valence-electron chi connectivity index (χ0n) is 12.3. The number of carbonyl (C=O) groups excluding carboxylic acids is 1. The van der Waals surface area contributed by atoms with Gasteiger partial charge in [-0.25, -0.2) is 4.79 Å². The molecule has 3 rings (SSSR count). The summed E-state index contributed by atoms with van der Waals surface area (Å²) in [5.41, 5.74) is 4.40. The highest BCUT2D eigenvalue weighted by molar-refractivity contribution is 5.69. The van der Waals surface area contributed by atoms with Gasteiger partial charge in [0.2, 0.25) is 0 Å². The standard InChI is InChI=1S/C15H21N3O2/c1-15(2,3)20-14(19)18-8-12-11-7-16-5-4-10(11)6-17-13(12)9-18/h6,16H,4-5,7-9H2,1-3H3. The van der Waals surface area contributed by atoms with Crippen molar-refractivity contribution < 1.29 is 9.53 Å². The van der Waals surface area contributed by atoms with Crippen molar-refractivity contribution in [1.82, 2.24) is 15.2 Å². The summed E-state index contributed by atoms with van der Waals surface area (Å²) in [5, 5.41) is 3.39. The fourth-order valence-corrected chi connectivity index (χ4v) is 2.76. The first-order chi connectivity index (χ1) is 9.44. The third-order valence-electron chi connectivity index (χ3n) is 3.69. The van der Waals surface area contributed by atoms with Gasteiger partial charge in [0.15, 0.2) is 0 Å². The lowest BCUT2D eigenvalue weighted by atomic mass is 9.98. The van der Waals surface area contributed by atoms with Gasteiger partial charge in [-0.3, -0.25) is 9.88 Å². The fourth-order valence-electron chi connectivity index (χ4n) is 2.76. The van der Waals surface area contributed by atoms with Crippen LogP contribution in [0.15, 0.2) is 6.20 Å². The lowest BCUT2D eigenvalue weighted by Crippen LogP contribution is -2.33. The van der Waals surface area contributed by atoms with Crippen molar-refractivity contribution in [2.75, 3.05) is 6.54 Å². The average molecular weight is 275 g/mol. The van der Waals surface area contributed by atoms with Gasteiger partial charge < -0.3 is 10.1 Å². The Hall–Kier alpha value is -1.62. The Labute approximate surface area is 119 Å². The van der Waals surface area contributed by atoms with Crippen LogP contribution < -0.4 is 5.32 Å². The van der Waals surface area contributed by atoms with E-state index in [1.165, 1.54) is 16.7 Å². The molecule has 0 spiro atoms. The highest BCUT2D eigenvalue weighted by Gasteiger charge is 2.31. The zero-order chi connectivity index (χ0) is 14.3. The Kier molecular flexibility index (Phi) is 3.17. The highest BCUT2D eigenvalue weighted by Crippen LogP contribution is 2.29. The molecule has 0 saturated carbocycles. The number of nitrogens with zero attached hydrogens (tertiary/aromatic N) is 2. The maximum Gasteiger partial charge on any atom is 0.410 e. The van der Waals surface area contributed by atoms with E-state index in [9.17, 15) is 4.79 Å². The minimum atomic E-state index is -0.458. The summed E-state index contributed by atoms with van der Waals surface area (Å²) in [7, 11) is 0. The topological polar surface area (TPSA) is 54.5 Å². The SMILES string of the molecule is CC(C)(C)OC(=O)N1Cc2ncc3c(c2C1)CNCC3. The number of carbonyl (C=O) groups is 1. The summed E-state index contributed by atoms with van der Waals surface area (Å²) in [6.07, 6.45) is 2.73. The smallest absolute Gasteiger partial charge is 0.410 e. The molecule has 5 heteroatoms. The molecule has 0 fully saturated rings. The summed E-state index contributed by atoms with van der Waals surface area (Å²) >= 11 is 0. The van der Waals surface area contributed by atoms with E-state index in [1.807, 2.05) is 27.0 Å².